The zero-order valence-electron chi connectivity index (χ0n) is 9.33. The third-order valence-electron chi connectivity index (χ3n) is 2.99. The summed E-state index contributed by atoms with van der Waals surface area (Å²) < 4.78 is 14.2. The Bertz CT molecular complexity index is 618. The fraction of sp³-hybridized carbons (Fsp3) is 0.154. The number of anilines is 2. The van der Waals surface area contributed by atoms with Crippen LogP contribution >= 0.6 is 27.5 Å². The molecular weight excluding hydrogens is 319 g/mol. The largest absolute Gasteiger partial charge is 0.324 e. The van der Waals surface area contributed by atoms with E-state index in [-0.39, 0.29) is 5.82 Å². The molecule has 5 heteroatoms. The van der Waals surface area contributed by atoms with Gasteiger partial charge in [0.15, 0.2) is 5.82 Å². The molecule has 92 valence electrons. The van der Waals surface area contributed by atoms with E-state index in [0.29, 0.717) is 10.8 Å². The molecular formula is C13H9BrClFN2. The lowest BCUT2D eigenvalue weighted by Crippen LogP contribution is -2.15. The molecule has 0 unspecified atom stereocenters. The lowest BCUT2D eigenvalue weighted by molar-refractivity contribution is 0.628. The van der Waals surface area contributed by atoms with Crippen molar-refractivity contribution in [2.45, 2.75) is 6.42 Å². The molecule has 0 amide bonds. The first kappa shape index (κ1) is 11.9. The number of aromatic nitrogens is 1. The highest BCUT2D eigenvalue weighted by Gasteiger charge is 2.23. The highest BCUT2D eigenvalue weighted by atomic mass is 79.9. The minimum Gasteiger partial charge on any atom is -0.324 e. The summed E-state index contributed by atoms with van der Waals surface area (Å²) in [4.78, 5) is 6.26. The first-order valence-corrected chi connectivity index (χ1v) is 6.69. The van der Waals surface area contributed by atoms with Gasteiger partial charge >= 0.3 is 0 Å². The second-order valence-electron chi connectivity index (χ2n) is 4.13. The Morgan fingerprint density at radius 2 is 2.17 bits per heavy atom. The first-order valence-electron chi connectivity index (χ1n) is 5.52. The summed E-state index contributed by atoms with van der Waals surface area (Å²) in [7, 11) is 0. The maximum atomic E-state index is 13.3. The van der Waals surface area contributed by atoms with E-state index in [4.69, 9.17) is 11.6 Å². The van der Waals surface area contributed by atoms with Gasteiger partial charge in [-0.05, 0) is 46.1 Å². The molecule has 0 aliphatic carbocycles. The van der Waals surface area contributed by atoms with Gasteiger partial charge < -0.3 is 4.90 Å². The number of benzene rings is 1. The fourth-order valence-electron chi connectivity index (χ4n) is 2.18. The van der Waals surface area contributed by atoms with Gasteiger partial charge in [-0.2, -0.15) is 0 Å². The van der Waals surface area contributed by atoms with Crippen molar-refractivity contribution in [3.63, 3.8) is 0 Å². The lowest BCUT2D eigenvalue weighted by atomic mass is 10.2. The smallest absolute Gasteiger partial charge is 0.151 e. The fourth-order valence-corrected chi connectivity index (χ4v) is 2.91. The van der Waals surface area contributed by atoms with Crippen molar-refractivity contribution in [1.82, 2.24) is 4.98 Å². The standard InChI is InChI=1S/C13H9BrClFN2/c14-9-5-11(15)13(17-7-9)18-4-3-8-1-2-10(16)6-12(8)18/h1-2,5-7H,3-4H2. The van der Waals surface area contributed by atoms with Crippen LogP contribution in [0.25, 0.3) is 0 Å². The number of halogens is 3. The minimum atomic E-state index is -0.242. The van der Waals surface area contributed by atoms with Crippen LogP contribution in [-0.4, -0.2) is 11.5 Å². The van der Waals surface area contributed by atoms with Crippen LogP contribution in [0.2, 0.25) is 5.02 Å². The summed E-state index contributed by atoms with van der Waals surface area (Å²) in [5.41, 5.74) is 1.98. The van der Waals surface area contributed by atoms with E-state index in [2.05, 4.69) is 20.9 Å². The summed E-state index contributed by atoms with van der Waals surface area (Å²) in [5, 5.41) is 0.557. The van der Waals surface area contributed by atoms with Gasteiger partial charge in [-0.25, -0.2) is 9.37 Å². The van der Waals surface area contributed by atoms with Crippen molar-refractivity contribution < 1.29 is 4.39 Å². The molecule has 1 aliphatic rings. The second kappa shape index (κ2) is 4.52. The molecule has 2 aromatic rings. The normalized spacial score (nSPS) is 13.8. The highest BCUT2D eigenvalue weighted by Crippen LogP contribution is 2.37. The zero-order chi connectivity index (χ0) is 12.7. The Balaban J connectivity index is 2.08. The number of fused-ring (bicyclic) bond motifs is 1. The number of hydrogen-bond acceptors (Lipinski definition) is 2. The van der Waals surface area contributed by atoms with Crippen molar-refractivity contribution >= 4 is 39.0 Å². The quantitative estimate of drug-likeness (QED) is 0.775. The molecule has 1 aliphatic heterocycles. The summed E-state index contributed by atoms with van der Waals surface area (Å²) in [6.07, 6.45) is 2.57. The molecule has 0 fully saturated rings. The van der Waals surface area contributed by atoms with Crippen molar-refractivity contribution in [1.29, 1.82) is 0 Å². The van der Waals surface area contributed by atoms with Gasteiger partial charge in [0.2, 0.25) is 0 Å². The highest BCUT2D eigenvalue weighted by molar-refractivity contribution is 9.10. The van der Waals surface area contributed by atoms with Gasteiger partial charge in [-0.3, -0.25) is 0 Å². The van der Waals surface area contributed by atoms with Crippen LogP contribution in [-0.2, 0) is 6.42 Å². The molecule has 18 heavy (non-hydrogen) atoms. The summed E-state index contributed by atoms with van der Waals surface area (Å²) in [6, 6.07) is 6.62. The van der Waals surface area contributed by atoms with Crippen LogP contribution in [0.4, 0.5) is 15.9 Å². The van der Waals surface area contributed by atoms with Crippen LogP contribution in [0.3, 0.4) is 0 Å². The predicted octanol–water partition coefficient (Wildman–Crippen LogP) is 4.33. The van der Waals surface area contributed by atoms with Crippen molar-refractivity contribution in [2.75, 3.05) is 11.4 Å². The van der Waals surface area contributed by atoms with Gasteiger partial charge in [0.05, 0.1) is 5.02 Å². The van der Waals surface area contributed by atoms with Crippen LogP contribution < -0.4 is 4.90 Å². The van der Waals surface area contributed by atoms with Crippen molar-refractivity contribution in [3.05, 3.63) is 51.3 Å². The van der Waals surface area contributed by atoms with Crippen molar-refractivity contribution in [3.8, 4) is 0 Å². The van der Waals surface area contributed by atoms with E-state index in [1.807, 2.05) is 11.0 Å². The molecule has 1 aromatic carbocycles. The average Bonchev–Trinajstić information content (AvgIpc) is 2.72. The van der Waals surface area contributed by atoms with Crippen molar-refractivity contribution in [2.24, 2.45) is 0 Å². The Morgan fingerprint density at radius 1 is 1.33 bits per heavy atom. The summed E-state index contributed by atoms with van der Waals surface area (Å²) in [5.74, 6) is 0.429. The van der Waals surface area contributed by atoms with E-state index < -0.39 is 0 Å². The van der Waals surface area contributed by atoms with E-state index >= 15 is 0 Å². The van der Waals surface area contributed by atoms with E-state index in [1.165, 1.54) is 12.1 Å². The number of pyridine rings is 1. The van der Waals surface area contributed by atoms with Crippen LogP contribution in [0, 0.1) is 5.82 Å². The Morgan fingerprint density at radius 3 is 2.94 bits per heavy atom. The Labute approximate surface area is 118 Å². The van der Waals surface area contributed by atoms with Gasteiger partial charge in [0.25, 0.3) is 0 Å². The molecule has 3 rings (SSSR count). The van der Waals surface area contributed by atoms with Crippen LogP contribution in [0.15, 0.2) is 34.9 Å². The molecule has 0 bridgehead atoms. The Hall–Kier alpha value is -1.13. The predicted molar refractivity (Wildman–Crippen MR) is 74.1 cm³/mol. The van der Waals surface area contributed by atoms with Gasteiger partial charge in [0, 0.05) is 22.9 Å². The van der Waals surface area contributed by atoms with Crippen LogP contribution in [0.5, 0.6) is 0 Å². The molecule has 0 spiro atoms. The van der Waals surface area contributed by atoms with Gasteiger partial charge in [0.1, 0.15) is 5.82 Å². The topological polar surface area (TPSA) is 16.1 Å². The zero-order valence-corrected chi connectivity index (χ0v) is 11.7. The third-order valence-corrected chi connectivity index (χ3v) is 3.70. The SMILES string of the molecule is Fc1ccc2c(c1)N(c1ncc(Br)cc1Cl)CC2. The Kier molecular flexibility index (Phi) is 2.99. The second-order valence-corrected chi connectivity index (χ2v) is 5.46. The summed E-state index contributed by atoms with van der Waals surface area (Å²) in [6.45, 7) is 0.771. The average molecular weight is 328 g/mol. The van der Waals surface area contributed by atoms with Gasteiger partial charge in [-0.15, -0.1) is 0 Å². The number of nitrogens with zero attached hydrogens (tertiary/aromatic N) is 2. The molecule has 1 aromatic heterocycles. The maximum Gasteiger partial charge on any atom is 0.151 e. The lowest BCUT2D eigenvalue weighted by Gasteiger charge is -2.19. The number of rotatable bonds is 1. The molecule has 2 heterocycles. The molecule has 0 radical (unpaired) electrons. The minimum absolute atomic E-state index is 0.242. The van der Waals surface area contributed by atoms with E-state index in [0.717, 1.165) is 28.7 Å². The molecule has 2 nitrogen and oxygen atoms in total. The maximum absolute atomic E-state index is 13.3. The van der Waals surface area contributed by atoms with Gasteiger partial charge in [-0.1, -0.05) is 17.7 Å². The monoisotopic (exact) mass is 326 g/mol. The third kappa shape index (κ3) is 1.99. The molecule has 0 saturated heterocycles. The molecule has 0 saturated carbocycles. The summed E-state index contributed by atoms with van der Waals surface area (Å²) >= 11 is 9.51. The van der Waals surface area contributed by atoms with E-state index in [1.54, 1.807) is 12.3 Å². The first-order chi connectivity index (χ1) is 8.65. The molecule has 0 atom stereocenters. The van der Waals surface area contributed by atoms with Crippen LogP contribution in [0.1, 0.15) is 5.56 Å². The van der Waals surface area contributed by atoms with E-state index in [9.17, 15) is 4.39 Å². The molecule has 0 N–H and O–H groups in total. The number of hydrogen-bond donors (Lipinski definition) is 0.